The van der Waals surface area contributed by atoms with Gasteiger partial charge in [0.2, 0.25) is 5.91 Å². The Morgan fingerprint density at radius 3 is 2.52 bits per heavy atom. The Hall–Kier alpha value is -2.20. The average molecular weight is 419 g/mol. The number of anilines is 2. The Balaban J connectivity index is 1.60. The second-order valence-electron chi connectivity index (χ2n) is 7.62. The van der Waals surface area contributed by atoms with Crippen LogP contribution in [0.2, 0.25) is 0 Å². The molecule has 2 aromatic rings. The molecule has 1 aliphatic heterocycles. The van der Waals surface area contributed by atoms with Crippen LogP contribution in [-0.4, -0.2) is 57.5 Å². The van der Waals surface area contributed by atoms with E-state index in [0.29, 0.717) is 24.7 Å². The predicted molar refractivity (Wildman–Crippen MR) is 114 cm³/mol. The molecular weight excluding hydrogens is 392 g/mol. The van der Waals surface area contributed by atoms with Crippen molar-refractivity contribution in [3.05, 3.63) is 36.0 Å². The van der Waals surface area contributed by atoms with Crippen molar-refractivity contribution in [2.75, 3.05) is 42.8 Å². The zero-order chi connectivity index (χ0) is 20.4. The van der Waals surface area contributed by atoms with E-state index in [-0.39, 0.29) is 17.6 Å². The maximum absolute atomic E-state index is 11.9. The molecule has 2 aliphatic rings. The third-order valence-electron chi connectivity index (χ3n) is 4.88. The molecule has 0 atom stereocenters. The number of carbonyl (C=O) groups excluding carboxylic acids is 1. The quantitative estimate of drug-likeness (QED) is 0.661. The minimum absolute atomic E-state index is 0.0683. The van der Waals surface area contributed by atoms with E-state index in [0.717, 1.165) is 43.0 Å². The lowest BCUT2D eigenvalue weighted by atomic mass is 10.2. The van der Waals surface area contributed by atoms with Gasteiger partial charge in [0.25, 0.3) is 0 Å². The lowest BCUT2D eigenvalue weighted by Gasteiger charge is -2.30. The van der Waals surface area contributed by atoms with Crippen LogP contribution in [0.25, 0.3) is 11.4 Å². The molecule has 1 saturated heterocycles. The summed E-state index contributed by atoms with van der Waals surface area (Å²) in [6, 6.07) is 9.24. The van der Waals surface area contributed by atoms with Crippen molar-refractivity contribution in [3.63, 3.8) is 0 Å². The lowest BCUT2D eigenvalue weighted by molar-refractivity contribution is -0.117. The van der Waals surface area contributed by atoms with E-state index in [4.69, 9.17) is 9.72 Å². The zero-order valence-electron chi connectivity index (χ0n) is 16.4. The molecule has 29 heavy (non-hydrogen) atoms. The van der Waals surface area contributed by atoms with E-state index in [2.05, 4.69) is 15.2 Å². The molecule has 3 N–H and O–H groups in total. The van der Waals surface area contributed by atoms with Crippen LogP contribution >= 0.6 is 10.6 Å². The molecule has 9 heteroatoms. The maximum Gasteiger partial charge on any atom is 0.227 e. The Morgan fingerprint density at radius 2 is 1.90 bits per heavy atom. The number of benzene rings is 1. The van der Waals surface area contributed by atoms with Gasteiger partial charge in [-0.3, -0.25) is 13.9 Å². The summed E-state index contributed by atoms with van der Waals surface area (Å²) in [4.78, 5) is 23.3. The Bertz CT molecular complexity index is 875. The second-order valence-corrected chi connectivity index (χ2v) is 9.90. The van der Waals surface area contributed by atoms with Crippen LogP contribution in [0.1, 0.15) is 18.5 Å². The van der Waals surface area contributed by atoms with Crippen LogP contribution < -0.4 is 10.2 Å². The number of hydrogen-bond acceptors (Lipinski definition) is 7. The summed E-state index contributed by atoms with van der Waals surface area (Å²) in [7, 11) is -2.73. The maximum atomic E-state index is 11.9. The Morgan fingerprint density at radius 1 is 1.21 bits per heavy atom. The summed E-state index contributed by atoms with van der Waals surface area (Å²) < 4.78 is 25.2. The van der Waals surface area contributed by atoms with Crippen LogP contribution in [0.15, 0.2) is 30.3 Å². The molecular formula is C20H26N4O4S. The van der Waals surface area contributed by atoms with Gasteiger partial charge in [0.05, 0.1) is 24.7 Å². The van der Waals surface area contributed by atoms with Gasteiger partial charge in [-0.15, -0.1) is 0 Å². The molecule has 156 valence electrons. The summed E-state index contributed by atoms with van der Waals surface area (Å²) in [6.45, 7) is 2.72. The fraction of sp³-hybridized carbons (Fsp3) is 0.450. The number of nitrogens with one attached hydrogen (secondary N) is 1. The summed E-state index contributed by atoms with van der Waals surface area (Å²) in [5.41, 5.74) is 2.14. The van der Waals surface area contributed by atoms with E-state index in [1.807, 2.05) is 30.3 Å². The molecule has 1 saturated carbocycles. The highest BCUT2D eigenvalue weighted by molar-refractivity contribution is 8.23. The Kier molecular flexibility index (Phi) is 5.73. The van der Waals surface area contributed by atoms with Crippen LogP contribution in [-0.2, 0) is 15.3 Å². The van der Waals surface area contributed by atoms with E-state index in [1.54, 1.807) is 0 Å². The monoisotopic (exact) mass is 418 g/mol. The molecule has 2 fully saturated rings. The fourth-order valence-electron chi connectivity index (χ4n) is 3.21. The van der Waals surface area contributed by atoms with E-state index < -0.39 is 10.6 Å². The van der Waals surface area contributed by atoms with Gasteiger partial charge in [-0.05, 0) is 37.1 Å². The van der Waals surface area contributed by atoms with Crippen molar-refractivity contribution in [1.29, 1.82) is 0 Å². The van der Waals surface area contributed by atoms with E-state index in [9.17, 15) is 13.9 Å². The molecule has 0 spiro atoms. The minimum atomic E-state index is -2.73. The molecule has 0 unspecified atom stereocenters. The number of carbonyl (C=O) groups is 1. The SMILES string of the molecule is CS(O)(O)Cc1cc(N2CCOCC2)nc(-c2ccc(NC(=O)C3CC3)cc2)n1. The highest BCUT2D eigenvalue weighted by Crippen LogP contribution is 2.38. The van der Waals surface area contributed by atoms with E-state index in [1.165, 1.54) is 6.26 Å². The highest BCUT2D eigenvalue weighted by Gasteiger charge is 2.29. The van der Waals surface area contributed by atoms with Crippen molar-refractivity contribution in [1.82, 2.24) is 9.97 Å². The number of ether oxygens (including phenoxy) is 1. The predicted octanol–water partition coefficient (Wildman–Crippen LogP) is 3.21. The van der Waals surface area contributed by atoms with Crippen LogP contribution in [0.4, 0.5) is 11.5 Å². The topological polar surface area (TPSA) is 108 Å². The molecule has 1 aromatic carbocycles. The van der Waals surface area contributed by atoms with Gasteiger partial charge in [-0.1, -0.05) is 0 Å². The van der Waals surface area contributed by atoms with Gasteiger partial charge in [-0.25, -0.2) is 9.97 Å². The number of amides is 1. The number of rotatable bonds is 6. The number of hydrogen-bond donors (Lipinski definition) is 3. The summed E-state index contributed by atoms with van der Waals surface area (Å²) in [5.74, 6) is 1.57. The first-order chi connectivity index (χ1) is 13.9. The van der Waals surface area contributed by atoms with Crippen molar-refractivity contribution in [2.45, 2.75) is 18.6 Å². The first-order valence-corrected chi connectivity index (χ1v) is 11.8. The summed E-state index contributed by atoms with van der Waals surface area (Å²) >= 11 is 0. The van der Waals surface area contributed by atoms with Crippen molar-refractivity contribution in [2.24, 2.45) is 5.92 Å². The first-order valence-electron chi connectivity index (χ1n) is 9.70. The molecule has 0 bridgehead atoms. The molecule has 4 rings (SSSR count). The highest BCUT2D eigenvalue weighted by atomic mass is 32.3. The van der Waals surface area contributed by atoms with Gasteiger partial charge in [0, 0.05) is 42.6 Å². The van der Waals surface area contributed by atoms with Gasteiger partial charge >= 0.3 is 0 Å². The van der Waals surface area contributed by atoms with Crippen molar-refractivity contribution in [3.8, 4) is 11.4 Å². The summed E-state index contributed by atoms with van der Waals surface area (Å²) in [5, 5.41) is 2.92. The molecule has 8 nitrogen and oxygen atoms in total. The third-order valence-corrected chi connectivity index (χ3v) is 5.72. The number of nitrogens with zero attached hydrogens (tertiary/aromatic N) is 3. The van der Waals surface area contributed by atoms with Crippen LogP contribution in [0.5, 0.6) is 0 Å². The summed E-state index contributed by atoms with van der Waals surface area (Å²) in [6.07, 6.45) is 3.34. The van der Waals surface area contributed by atoms with Crippen molar-refractivity contribution < 1.29 is 18.6 Å². The smallest absolute Gasteiger partial charge is 0.227 e. The third kappa shape index (κ3) is 5.45. The molecule has 2 heterocycles. The second kappa shape index (κ2) is 8.27. The molecule has 0 radical (unpaired) electrons. The average Bonchev–Trinajstić information content (AvgIpc) is 3.53. The normalized spacial score (nSPS) is 17.8. The molecule has 1 aliphatic carbocycles. The van der Waals surface area contributed by atoms with Crippen LogP contribution in [0.3, 0.4) is 0 Å². The van der Waals surface area contributed by atoms with Crippen molar-refractivity contribution >= 4 is 28.0 Å². The van der Waals surface area contributed by atoms with Gasteiger partial charge in [0.1, 0.15) is 5.82 Å². The van der Waals surface area contributed by atoms with E-state index >= 15 is 0 Å². The fourth-order valence-corrected chi connectivity index (χ4v) is 3.92. The largest absolute Gasteiger partial charge is 0.378 e. The van der Waals surface area contributed by atoms with Crippen LogP contribution in [0, 0.1) is 5.92 Å². The minimum Gasteiger partial charge on any atom is -0.378 e. The molecule has 1 amide bonds. The Labute approximate surface area is 171 Å². The van der Waals surface area contributed by atoms with Gasteiger partial charge in [0.15, 0.2) is 5.82 Å². The lowest BCUT2D eigenvalue weighted by Crippen LogP contribution is -2.37. The first kappa shape index (κ1) is 20.1. The number of aromatic nitrogens is 2. The number of morpholine rings is 1. The van der Waals surface area contributed by atoms with Gasteiger partial charge < -0.3 is 15.0 Å². The standard InChI is InChI=1S/C20H26N4O4S/c1-29(26,27)13-17-12-18(24-8-10-28-11-9-24)23-19(21-17)14-4-6-16(7-5-14)22-20(25)15-2-3-15/h4-7,12,15,26-27H,2-3,8-11,13H2,1H3,(H,22,25). The zero-order valence-corrected chi connectivity index (χ0v) is 17.2. The molecule has 1 aromatic heterocycles. The van der Waals surface area contributed by atoms with Gasteiger partial charge in [-0.2, -0.15) is 10.6 Å².